The molecule has 2 heterocycles. The first-order chi connectivity index (χ1) is 10.2. The Hall–Kier alpha value is -1.91. The molecular formula is C16H14ClNO3. The van der Waals surface area contributed by atoms with E-state index in [-0.39, 0.29) is 18.0 Å². The van der Waals surface area contributed by atoms with Crippen LogP contribution in [0.25, 0.3) is 0 Å². The highest BCUT2D eigenvalue weighted by Gasteiger charge is 2.36. The Kier molecular flexibility index (Phi) is 4.18. The van der Waals surface area contributed by atoms with Crippen LogP contribution in [0.5, 0.6) is 5.75 Å². The second-order valence-electron chi connectivity index (χ2n) is 4.86. The molecule has 1 aromatic heterocycles. The first kappa shape index (κ1) is 14.0. The van der Waals surface area contributed by atoms with Crippen molar-refractivity contribution in [3.8, 4) is 5.75 Å². The van der Waals surface area contributed by atoms with Gasteiger partial charge in [-0.1, -0.05) is 41.9 Å². The van der Waals surface area contributed by atoms with Crippen molar-refractivity contribution in [2.24, 2.45) is 5.92 Å². The first-order valence-corrected chi connectivity index (χ1v) is 7.10. The molecule has 1 aliphatic heterocycles. The van der Waals surface area contributed by atoms with Gasteiger partial charge in [-0.25, -0.2) is 0 Å². The summed E-state index contributed by atoms with van der Waals surface area (Å²) in [6.45, 7) is 0.549. The van der Waals surface area contributed by atoms with E-state index in [1.54, 1.807) is 6.07 Å². The largest absolute Gasteiger partial charge is 0.425 e. The number of aromatic nitrogens is 1. The summed E-state index contributed by atoms with van der Waals surface area (Å²) in [5.41, 5.74) is 0.987. The lowest BCUT2D eigenvalue weighted by Crippen LogP contribution is -2.23. The van der Waals surface area contributed by atoms with Crippen LogP contribution >= 0.6 is 11.6 Å². The van der Waals surface area contributed by atoms with Crippen LogP contribution in [0.1, 0.15) is 18.1 Å². The number of nitrogens with zero attached hydrogens (tertiary/aromatic N) is 1. The molecule has 0 radical (unpaired) electrons. The van der Waals surface area contributed by atoms with Gasteiger partial charge < -0.3 is 9.47 Å². The zero-order valence-electron chi connectivity index (χ0n) is 11.2. The summed E-state index contributed by atoms with van der Waals surface area (Å²) >= 11 is 5.83. The van der Waals surface area contributed by atoms with Gasteiger partial charge in [0.15, 0.2) is 5.75 Å². The van der Waals surface area contributed by atoms with Gasteiger partial charge in [0, 0.05) is 18.9 Å². The fourth-order valence-electron chi connectivity index (χ4n) is 2.44. The third-order valence-corrected chi connectivity index (χ3v) is 3.63. The summed E-state index contributed by atoms with van der Waals surface area (Å²) in [5, 5.41) is 0.433. The number of esters is 1. The van der Waals surface area contributed by atoms with E-state index in [0.29, 0.717) is 23.8 Å². The van der Waals surface area contributed by atoms with Gasteiger partial charge in [-0.3, -0.25) is 9.78 Å². The Morgan fingerprint density at radius 1 is 1.29 bits per heavy atom. The zero-order valence-corrected chi connectivity index (χ0v) is 12.0. The van der Waals surface area contributed by atoms with Gasteiger partial charge in [0.25, 0.3) is 0 Å². The van der Waals surface area contributed by atoms with Crippen LogP contribution in [0.15, 0.2) is 48.8 Å². The third-order valence-electron chi connectivity index (χ3n) is 3.42. The highest BCUT2D eigenvalue weighted by atomic mass is 35.5. The van der Waals surface area contributed by atoms with Crippen LogP contribution in [-0.2, 0) is 9.53 Å². The standard InChI is InChI=1S/C16H14ClNO3/c17-12-8-13(10-18-9-12)21-16(19)14-6-7-20-15(14)11-4-2-1-3-5-11/h1-5,8-10,14-15H,6-7H2/t14-,15+/m0/s1. The third kappa shape index (κ3) is 3.23. The average Bonchev–Trinajstić information content (AvgIpc) is 2.98. The summed E-state index contributed by atoms with van der Waals surface area (Å²) in [5.74, 6) is -0.275. The fourth-order valence-corrected chi connectivity index (χ4v) is 2.61. The summed E-state index contributed by atoms with van der Waals surface area (Å²) in [4.78, 5) is 16.2. The molecule has 0 saturated carbocycles. The minimum absolute atomic E-state index is 0.258. The smallest absolute Gasteiger partial charge is 0.317 e. The van der Waals surface area contributed by atoms with Crippen LogP contribution in [-0.4, -0.2) is 17.6 Å². The predicted octanol–water partition coefficient (Wildman–Crippen LogP) is 3.42. The molecule has 3 rings (SSSR count). The van der Waals surface area contributed by atoms with Crippen molar-refractivity contribution in [3.05, 3.63) is 59.4 Å². The lowest BCUT2D eigenvalue weighted by molar-refractivity contribution is -0.140. The highest BCUT2D eigenvalue weighted by molar-refractivity contribution is 6.30. The summed E-state index contributed by atoms with van der Waals surface area (Å²) in [7, 11) is 0. The Morgan fingerprint density at radius 2 is 2.10 bits per heavy atom. The van der Waals surface area contributed by atoms with Crippen LogP contribution in [0.3, 0.4) is 0 Å². The van der Waals surface area contributed by atoms with Gasteiger partial charge in [-0.05, 0) is 12.0 Å². The molecule has 0 unspecified atom stereocenters. The lowest BCUT2D eigenvalue weighted by atomic mass is 9.95. The Balaban J connectivity index is 1.74. The molecule has 0 aliphatic carbocycles. The van der Waals surface area contributed by atoms with Crippen LogP contribution in [0, 0.1) is 5.92 Å². The van der Waals surface area contributed by atoms with Crippen LogP contribution < -0.4 is 4.74 Å². The van der Waals surface area contributed by atoms with Gasteiger partial charge in [-0.15, -0.1) is 0 Å². The molecular weight excluding hydrogens is 290 g/mol. The number of hydrogen-bond donors (Lipinski definition) is 0. The number of benzene rings is 1. The van der Waals surface area contributed by atoms with Gasteiger partial charge in [0.2, 0.25) is 0 Å². The second kappa shape index (κ2) is 6.24. The van der Waals surface area contributed by atoms with E-state index < -0.39 is 0 Å². The van der Waals surface area contributed by atoms with Crippen LogP contribution in [0.2, 0.25) is 5.02 Å². The van der Waals surface area contributed by atoms with Crippen molar-refractivity contribution in [2.45, 2.75) is 12.5 Å². The number of carbonyl (C=O) groups is 1. The molecule has 0 N–H and O–H groups in total. The second-order valence-corrected chi connectivity index (χ2v) is 5.29. The SMILES string of the molecule is O=C(Oc1cncc(Cl)c1)[C@H]1CCO[C@@H]1c1ccccc1. The van der Waals surface area contributed by atoms with Crippen molar-refractivity contribution in [1.82, 2.24) is 4.98 Å². The minimum Gasteiger partial charge on any atom is -0.425 e. The molecule has 108 valence electrons. The number of hydrogen-bond acceptors (Lipinski definition) is 4. The van der Waals surface area contributed by atoms with Crippen molar-refractivity contribution in [3.63, 3.8) is 0 Å². The zero-order chi connectivity index (χ0) is 14.7. The molecule has 1 aliphatic rings. The molecule has 1 saturated heterocycles. The quantitative estimate of drug-likeness (QED) is 0.815. The molecule has 1 fully saturated rings. The Morgan fingerprint density at radius 3 is 2.86 bits per heavy atom. The monoisotopic (exact) mass is 303 g/mol. The summed E-state index contributed by atoms with van der Waals surface area (Å²) in [6, 6.07) is 11.3. The van der Waals surface area contributed by atoms with E-state index in [0.717, 1.165) is 5.56 Å². The molecule has 1 aromatic carbocycles. The summed E-state index contributed by atoms with van der Waals surface area (Å²) < 4.78 is 11.1. The lowest BCUT2D eigenvalue weighted by Gasteiger charge is -2.17. The van der Waals surface area contributed by atoms with E-state index >= 15 is 0 Å². The molecule has 0 spiro atoms. The number of pyridine rings is 1. The van der Waals surface area contributed by atoms with Crippen molar-refractivity contribution < 1.29 is 14.3 Å². The van der Waals surface area contributed by atoms with E-state index in [4.69, 9.17) is 21.1 Å². The molecule has 2 aromatic rings. The molecule has 5 heteroatoms. The predicted molar refractivity (Wildman–Crippen MR) is 78.1 cm³/mol. The van der Waals surface area contributed by atoms with E-state index in [1.807, 2.05) is 30.3 Å². The number of rotatable bonds is 3. The van der Waals surface area contributed by atoms with Gasteiger partial charge in [0.05, 0.1) is 23.2 Å². The maximum absolute atomic E-state index is 12.3. The fraction of sp³-hybridized carbons (Fsp3) is 0.250. The van der Waals surface area contributed by atoms with Gasteiger partial charge in [-0.2, -0.15) is 0 Å². The molecule has 21 heavy (non-hydrogen) atoms. The summed E-state index contributed by atoms with van der Waals surface area (Å²) in [6.07, 6.45) is 3.35. The van der Waals surface area contributed by atoms with E-state index in [2.05, 4.69) is 4.98 Å². The molecule has 2 atom stereocenters. The average molecular weight is 304 g/mol. The van der Waals surface area contributed by atoms with E-state index in [1.165, 1.54) is 12.4 Å². The maximum Gasteiger partial charge on any atom is 0.317 e. The number of halogens is 1. The highest BCUT2D eigenvalue weighted by Crippen LogP contribution is 2.35. The molecule has 4 nitrogen and oxygen atoms in total. The van der Waals surface area contributed by atoms with Gasteiger partial charge in [0.1, 0.15) is 0 Å². The molecule has 0 bridgehead atoms. The van der Waals surface area contributed by atoms with Crippen LogP contribution in [0.4, 0.5) is 0 Å². The Labute approximate surface area is 127 Å². The maximum atomic E-state index is 12.3. The van der Waals surface area contributed by atoms with E-state index in [9.17, 15) is 4.79 Å². The van der Waals surface area contributed by atoms with Crippen molar-refractivity contribution in [1.29, 1.82) is 0 Å². The first-order valence-electron chi connectivity index (χ1n) is 6.73. The van der Waals surface area contributed by atoms with Crippen molar-refractivity contribution >= 4 is 17.6 Å². The van der Waals surface area contributed by atoms with Gasteiger partial charge >= 0.3 is 5.97 Å². The van der Waals surface area contributed by atoms with Crippen molar-refractivity contribution in [2.75, 3.05) is 6.61 Å². The number of ether oxygens (including phenoxy) is 2. The normalized spacial score (nSPS) is 21.2. The topological polar surface area (TPSA) is 48.4 Å². The minimum atomic E-state index is -0.314. The number of carbonyl (C=O) groups excluding carboxylic acids is 1. The Bertz CT molecular complexity index is 632. The molecule has 0 amide bonds.